The molecule has 0 N–H and O–H groups in total. The van der Waals surface area contributed by atoms with Crippen LogP contribution in [0.1, 0.15) is 30.5 Å². The minimum absolute atomic E-state index is 0.144. The molecule has 0 saturated heterocycles. The Morgan fingerprint density at radius 3 is 2.77 bits per heavy atom. The van der Waals surface area contributed by atoms with Crippen LogP contribution in [0.3, 0.4) is 0 Å². The predicted molar refractivity (Wildman–Crippen MR) is 107 cm³/mol. The highest BCUT2D eigenvalue weighted by molar-refractivity contribution is 5.83. The number of ether oxygens (including phenoxy) is 1. The van der Waals surface area contributed by atoms with Gasteiger partial charge in [-0.15, -0.1) is 0 Å². The summed E-state index contributed by atoms with van der Waals surface area (Å²) in [6.45, 7) is 7.18. The Hall–Kier alpha value is -2.39. The lowest BCUT2D eigenvalue weighted by atomic mass is 10.1. The molecule has 0 spiro atoms. The minimum Gasteiger partial charge on any atom is -0.473 e. The summed E-state index contributed by atoms with van der Waals surface area (Å²) in [5.74, 6) is 0.813. The first-order chi connectivity index (χ1) is 12.7. The maximum atomic E-state index is 6.19. The molecule has 4 rings (SSSR count). The van der Waals surface area contributed by atoms with Crippen LogP contribution < -0.4 is 4.74 Å². The van der Waals surface area contributed by atoms with Gasteiger partial charge in [-0.3, -0.25) is 4.90 Å². The summed E-state index contributed by atoms with van der Waals surface area (Å²) in [6.07, 6.45) is 2.19. The Balaban J connectivity index is 1.60. The van der Waals surface area contributed by atoms with Crippen molar-refractivity contribution in [1.82, 2.24) is 9.88 Å². The van der Waals surface area contributed by atoms with Crippen LogP contribution in [-0.2, 0) is 19.4 Å². The lowest BCUT2D eigenvalue weighted by molar-refractivity contribution is 0.158. The molecule has 3 heteroatoms. The number of hydrogen-bond donors (Lipinski definition) is 0. The second-order valence-corrected chi connectivity index (χ2v) is 7.19. The van der Waals surface area contributed by atoms with Crippen molar-refractivity contribution in [3.63, 3.8) is 0 Å². The zero-order valence-corrected chi connectivity index (χ0v) is 15.6. The first-order valence-electron chi connectivity index (χ1n) is 9.57. The third kappa shape index (κ3) is 3.58. The topological polar surface area (TPSA) is 25.4 Å². The van der Waals surface area contributed by atoms with Crippen LogP contribution >= 0.6 is 0 Å². The van der Waals surface area contributed by atoms with E-state index >= 15 is 0 Å². The molecule has 3 aromatic rings. The van der Waals surface area contributed by atoms with Crippen molar-refractivity contribution in [1.29, 1.82) is 0 Å². The highest BCUT2D eigenvalue weighted by Crippen LogP contribution is 2.29. The monoisotopic (exact) mass is 346 g/mol. The molecule has 1 aliphatic rings. The zero-order valence-electron chi connectivity index (χ0n) is 15.6. The fourth-order valence-corrected chi connectivity index (χ4v) is 3.79. The van der Waals surface area contributed by atoms with E-state index < -0.39 is 0 Å². The fraction of sp³-hybridized carbons (Fsp3) is 0.348. The summed E-state index contributed by atoms with van der Waals surface area (Å²) in [5, 5.41) is 1.21. The zero-order chi connectivity index (χ0) is 17.9. The van der Waals surface area contributed by atoms with Gasteiger partial charge in [-0.25, -0.2) is 4.98 Å². The standard InChI is InChI=1S/C23H26N2O/c1-3-19-10-7-11-20-14-21-16-25(13-12-18-8-5-4-6-9-18)15-17(2)26-23(21)24-22(19)20/h4-11,14,17H,3,12-13,15-16H2,1-2H3/t17-/m0/s1. The smallest absolute Gasteiger partial charge is 0.218 e. The Morgan fingerprint density at radius 2 is 1.96 bits per heavy atom. The molecule has 1 aromatic heterocycles. The molecule has 3 nitrogen and oxygen atoms in total. The molecule has 2 heterocycles. The molecule has 0 amide bonds. The molecule has 0 radical (unpaired) electrons. The van der Waals surface area contributed by atoms with Crippen LogP contribution in [0.2, 0.25) is 0 Å². The number of para-hydroxylation sites is 1. The predicted octanol–water partition coefficient (Wildman–Crippen LogP) is 4.62. The SMILES string of the molecule is CCc1cccc2cc3c(nc12)O[C@@H](C)CN(CCc1ccccc1)C3. The normalized spacial score (nSPS) is 17.5. The molecule has 0 aliphatic carbocycles. The number of rotatable bonds is 4. The first-order valence-corrected chi connectivity index (χ1v) is 9.57. The van der Waals surface area contributed by atoms with E-state index in [9.17, 15) is 0 Å². The number of benzene rings is 2. The second kappa shape index (κ2) is 7.46. The minimum atomic E-state index is 0.144. The third-order valence-corrected chi connectivity index (χ3v) is 5.13. The Bertz CT molecular complexity index is 891. The molecular formula is C23H26N2O. The molecular weight excluding hydrogens is 320 g/mol. The van der Waals surface area contributed by atoms with Crippen LogP contribution in [0, 0.1) is 0 Å². The van der Waals surface area contributed by atoms with Gasteiger partial charge in [0.2, 0.25) is 5.88 Å². The number of pyridine rings is 1. The van der Waals surface area contributed by atoms with Gasteiger partial charge in [0.1, 0.15) is 6.10 Å². The highest BCUT2D eigenvalue weighted by Gasteiger charge is 2.22. The average Bonchev–Trinajstić information content (AvgIpc) is 2.82. The molecule has 1 atom stereocenters. The van der Waals surface area contributed by atoms with Gasteiger partial charge in [0, 0.05) is 30.6 Å². The van der Waals surface area contributed by atoms with Gasteiger partial charge < -0.3 is 4.74 Å². The van der Waals surface area contributed by atoms with Crippen molar-refractivity contribution in [2.45, 2.75) is 39.3 Å². The molecule has 0 bridgehead atoms. The number of hydrogen-bond acceptors (Lipinski definition) is 3. The number of aryl methyl sites for hydroxylation is 1. The van der Waals surface area contributed by atoms with Gasteiger partial charge in [0.25, 0.3) is 0 Å². The van der Waals surface area contributed by atoms with Crippen LogP contribution in [0.15, 0.2) is 54.6 Å². The molecule has 134 valence electrons. The number of aromatic nitrogens is 1. The summed E-state index contributed by atoms with van der Waals surface area (Å²) >= 11 is 0. The molecule has 0 fully saturated rings. The van der Waals surface area contributed by atoms with Crippen molar-refractivity contribution in [2.24, 2.45) is 0 Å². The molecule has 0 unspecified atom stereocenters. The van der Waals surface area contributed by atoms with Crippen molar-refractivity contribution < 1.29 is 4.74 Å². The summed E-state index contributed by atoms with van der Waals surface area (Å²) in [6, 6.07) is 19.4. The molecule has 2 aromatic carbocycles. The highest BCUT2D eigenvalue weighted by atomic mass is 16.5. The van der Waals surface area contributed by atoms with E-state index in [2.05, 4.69) is 73.3 Å². The van der Waals surface area contributed by atoms with E-state index in [0.29, 0.717) is 0 Å². The van der Waals surface area contributed by atoms with Gasteiger partial charge in [0.05, 0.1) is 5.52 Å². The van der Waals surface area contributed by atoms with E-state index in [4.69, 9.17) is 9.72 Å². The van der Waals surface area contributed by atoms with Gasteiger partial charge >= 0.3 is 0 Å². The average molecular weight is 346 g/mol. The lowest BCUT2D eigenvalue weighted by Gasteiger charge is -2.21. The van der Waals surface area contributed by atoms with Crippen molar-refractivity contribution in [2.75, 3.05) is 13.1 Å². The Kier molecular flexibility index (Phi) is 4.89. The third-order valence-electron chi connectivity index (χ3n) is 5.13. The lowest BCUT2D eigenvalue weighted by Crippen LogP contribution is -2.32. The van der Waals surface area contributed by atoms with Crippen LogP contribution in [-0.4, -0.2) is 29.1 Å². The summed E-state index contributed by atoms with van der Waals surface area (Å²) in [4.78, 5) is 7.39. The Morgan fingerprint density at radius 1 is 1.12 bits per heavy atom. The van der Waals surface area contributed by atoms with Crippen LogP contribution in [0.25, 0.3) is 10.9 Å². The van der Waals surface area contributed by atoms with Crippen molar-refractivity contribution >= 4 is 10.9 Å². The van der Waals surface area contributed by atoms with Crippen LogP contribution in [0.5, 0.6) is 5.88 Å². The summed E-state index contributed by atoms with van der Waals surface area (Å²) in [5.41, 5.74) is 4.95. The molecule has 0 saturated carbocycles. The van der Waals surface area contributed by atoms with Gasteiger partial charge in [-0.1, -0.05) is 55.5 Å². The molecule has 1 aliphatic heterocycles. The van der Waals surface area contributed by atoms with Crippen LogP contribution in [0.4, 0.5) is 0 Å². The van der Waals surface area contributed by atoms with E-state index in [-0.39, 0.29) is 6.10 Å². The van der Waals surface area contributed by atoms with Gasteiger partial charge in [-0.05, 0) is 37.0 Å². The van der Waals surface area contributed by atoms with Gasteiger partial charge in [0.15, 0.2) is 0 Å². The maximum absolute atomic E-state index is 6.19. The molecule has 26 heavy (non-hydrogen) atoms. The summed E-state index contributed by atoms with van der Waals surface area (Å²) < 4.78 is 6.19. The van der Waals surface area contributed by atoms with Crippen molar-refractivity contribution in [3.8, 4) is 5.88 Å². The fourth-order valence-electron chi connectivity index (χ4n) is 3.79. The largest absolute Gasteiger partial charge is 0.473 e. The maximum Gasteiger partial charge on any atom is 0.218 e. The first kappa shape index (κ1) is 17.0. The van der Waals surface area contributed by atoms with E-state index in [1.807, 2.05) is 0 Å². The summed E-state index contributed by atoms with van der Waals surface area (Å²) in [7, 11) is 0. The van der Waals surface area contributed by atoms with Gasteiger partial charge in [-0.2, -0.15) is 0 Å². The van der Waals surface area contributed by atoms with E-state index in [1.165, 1.54) is 22.1 Å². The van der Waals surface area contributed by atoms with E-state index in [1.54, 1.807) is 0 Å². The number of fused-ring (bicyclic) bond motifs is 2. The number of nitrogens with zero attached hydrogens (tertiary/aromatic N) is 2. The van der Waals surface area contributed by atoms with Crippen molar-refractivity contribution in [3.05, 3.63) is 71.3 Å². The van der Waals surface area contributed by atoms with E-state index in [0.717, 1.165) is 43.9 Å². The second-order valence-electron chi connectivity index (χ2n) is 7.19. The Labute approximate surface area is 155 Å². The quantitative estimate of drug-likeness (QED) is 0.689.